The number of rotatable bonds is 16. The quantitative estimate of drug-likeness (QED) is 0.0434. The number of sulfone groups is 1. The van der Waals surface area contributed by atoms with Crippen LogP contribution in [0.2, 0.25) is 0 Å². The minimum Gasteiger partial charge on any atom is -0.359 e. The maximum atomic E-state index is 13.2. The number of pyridine rings is 1. The van der Waals surface area contributed by atoms with Crippen molar-refractivity contribution in [2.75, 3.05) is 85.1 Å². The third-order valence-corrected chi connectivity index (χ3v) is 28.7. The Hall–Kier alpha value is -16.2. The van der Waals surface area contributed by atoms with Gasteiger partial charge in [-0.3, -0.25) is 38.1 Å². The number of ketones is 1. The van der Waals surface area contributed by atoms with Crippen molar-refractivity contribution in [1.82, 2.24) is 29.4 Å². The lowest BCUT2D eigenvalue weighted by atomic mass is 10.00. The lowest BCUT2D eigenvalue weighted by Crippen LogP contribution is -2.37. The van der Waals surface area contributed by atoms with E-state index in [0.717, 1.165) is 233 Å². The van der Waals surface area contributed by atoms with Crippen molar-refractivity contribution in [1.29, 1.82) is 0 Å². The molecule has 0 spiro atoms. The number of hydrogen-bond acceptors (Lipinski definition) is 18. The molecule has 30 heteroatoms. The van der Waals surface area contributed by atoms with Crippen LogP contribution >= 0.6 is 0 Å². The number of carbonyl (C=O) groups is 7. The van der Waals surface area contributed by atoms with Crippen molar-refractivity contribution < 1.29 is 50.4 Å². The minimum atomic E-state index is -3.74. The van der Waals surface area contributed by atoms with Gasteiger partial charge in [0.1, 0.15) is 11.6 Å². The van der Waals surface area contributed by atoms with Crippen LogP contribution in [-0.2, 0) is 116 Å². The number of imidazole rings is 2. The maximum Gasteiger partial charge on any atom is 0.323 e. The van der Waals surface area contributed by atoms with E-state index in [1.54, 1.807) is 67.7 Å². The zero-order chi connectivity index (χ0) is 98.3. The first kappa shape index (κ1) is 95.1. The summed E-state index contributed by atoms with van der Waals surface area (Å²) in [6, 6.07) is 75.4. The number of aromatic nitrogens is 5. The molecule has 3 aromatic heterocycles. The van der Waals surface area contributed by atoms with Crippen molar-refractivity contribution in [3.63, 3.8) is 0 Å². The number of hydrogen-bond donors (Lipinski definition) is 9. The first-order chi connectivity index (χ1) is 68.0. The predicted octanol–water partition coefficient (Wildman–Crippen LogP) is 17.0. The number of nitrogens with one attached hydrogen (secondary N) is 8. The Balaban J connectivity index is 0.000000112. The van der Waals surface area contributed by atoms with E-state index >= 15 is 0 Å². The molecular weight excluding hydrogens is 1810 g/mol. The van der Waals surface area contributed by atoms with Crippen molar-refractivity contribution in [2.24, 2.45) is 5.14 Å². The van der Waals surface area contributed by atoms with Gasteiger partial charge >= 0.3 is 5.69 Å². The predicted molar refractivity (Wildman–Crippen MR) is 553 cm³/mol. The fourth-order valence-electron chi connectivity index (χ4n) is 19.1. The molecule has 28 nitrogen and oxygen atoms in total. The first-order valence-electron chi connectivity index (χ1n) is 47.0. The molecule has 23 rings (SSSR count). The summed E-state index contributed by atoms with van der Waals surface area (Å²) >= 11 is 0. The van der Waals surface area contributed by atoms with E-state index in [0.29, 0.717) is 58.7 Å². The third kappa shape index (κ3) is 22.0. The van der Waals surface area contributed by atoms with Crippen LogP contribution in [0.15, 0.2) is 313 Å². The van der Waals surface area contributed by atoms with Crippen LogP contribution in [0.3, 0.4) is 0 Å². The second-order valence-corrected chi connectivity index (χ2v) is 40.0. The first-order valence-corrected chi connectivity index (χ1v) is 50.2. The number of likely N-dealkylation sites (tertiary alicyclic amines) is 1. The van der Waals surface area contributed by atoms with E-state index in [-0.39, 0.29) is 64.0 Å². The monoisotopic (exact) mass is 1920 g/mol. The van der Waals surface area contributed by atoms with Gasteiger partial charge in [0, 0.05) is 157 Å². The van der Waals surface area contributed by atoms with E-state index in [9.17, 15) is 55.2 Å². The Morgan fingerprint density at radius 2 is 0.929 bits per heavy atom. The van der Waals surface area contributed by atoms with E-state index in [1.165, 1.54) is 39.9 Å². The molecular formula is C111H106N16O12S2. The van der Waals surface area contributed by atoms with E-state index in [4.69, 9.17) is 5.14 Å². The molecule has 0 saturated carbocycles. The number of sulfonamides is 1. The van der Waals surface area contributed by atoms with Gasteiger partial charge in [0.15, 0.2) is 9.84 Å². The van der Waals surface area contributed by atoms with Gasteiger partial charge in [-0.1, -0.05) is 149 Å². The highest BCUT2D eigenvalue weighted by molar-refractivity contribution is 7.91. The SMILES string of the molecule is C=C1Cc2cc(C(=O)N3CCCc4ccccc43)ccc2N1.C=C1Cc2cc(C(=O)N3CCc4ccccc43)cnc2N1.C=C1Cc2cc(CC(=O)Cc3ccc(S(=O)(=O)CC)cc3)ccc2N1.C=C1Cc2cc(CC(=O)N3CCc4ccccc43)ccc2N1.NS(=O)(=O)c1ccc(CC(=O)Nc2ccc3c(c2)CC(=O)N3)cc1.O=C(c1nc2ccccc2n1-c1ccc2[nH]c(=O)[nH]c2c1)N1CCCCC1. The second-order valence-electron chi connectivity index (χ2n) is 36.2. The van der Waals surface area contributed by atoms with Crippen LogP contribution in [0, 0.1) is 0 Å². The number of para-hydroxylation sites is 5. The molecule has 11 aromatic carbocycles. The molecule has 9 aliphatic heterocycles. The zero-order valence-corrected chi connectivity index (χ0v) is 79.6. The Labute approximate surface area is 816 Å². The Morgan fingerprint density at radius 1 is 0.426 bits per heavy atom. The highest BCUT2D eigenvalue weighted by Crippen LogP contribution is 2.38. The molecule has 0 atom stereocenters. The number of Topliss-reactive ketones (excluding diaryl/α,β-unsaturated/α-hetero) is 1. The standard InChI is InChI=1S/C20H19N5O2.C20H21NO3S.2C19H18N2O.C17H15N3O.C16H15N3O4S/c26-19(24-10-4-1-5-11-24)18-21-15-6-2-3-7-17(15)25(18)13-8-9-14-16(12-13)23-20(27)22-14;1-3-25(23,24)19-7-4-15(5-8-19)12-18(22)13-16-6-9-20-17(11-16)10-14(2)21-20;1-13-11-16-12-15(8-9-17(16)20-13)19(22)21-10-4-6-14-5-2-3-7-18(14)21;1-13-10-16-11-14(6-7-17(16)20-13)12-19(22)21-9-8-15-4-2-3-5-18(15)21;1-11-8-13-9-14(10-18-16(13)19-11)17(21)20-7-6-12-4-2-3-5-15(12)20;17-24(22,23)13-4-1-10(2-5-13)7-15(20)18-12-3-6-14-11(8-12)9-16(21)19-14/h2-3,6-9,12H,1,4-5,10-11H2,(H2,22,23,27);4-9,11,21H,2-3,10,12-13H2,1H3;2-3,5,7-9,12,20H,1,4,6,10-11H2;2-7,11,20H,1,8-10,12H2;2-5,9-10H,1,6-8H2,(H,18,19);1-6,8H,7,9H2,(H,18,20)(H,19,21)(H2,17,22,23). The molecule has 9 aliphatic rings. The average molecular weight is 1920 g/mol. The summed E-state index contributed by atoms with van der Waals surface area (Å²) in [5, 5.41) is 23.3. The minimum absolute atomic E-state index is 0.00227. The number of carbonyl (C=O) groups excluding carboxylic acids is 7. The highest BCUT2D eigenvalue weighted by atomic mass is 32.2. The number of amides is 6. The van der Waals surface area contributed by atoms with Crippen LogP contribution in [-0.4, -0.2) is 126 Å². The molecule has 1 saturated heterocycles. The summed E-state index contributed by atoms with van der Waals surface area (Å²) in [5.74, 6) is 1.34. The number of fused-ring (bicyclic) bond motifs is 10. The van der Waals surface area contributed by atoms with Gasteiger partial charge in [-0.15, -0.1) is 0 Å². The molecule has 10 N–H and O–H groups in total. The normalized spacial score (nSPS) is 14.7. The Kier molecular flexibility index (Phi) is 27.8. The number of primary sulfonamides is 1. The van der Waals surface area contributed by atoms with Crippen molar-refractivity contribution in [3.8, 4) is 5.69 Å². The molecule has 0 bridgehead atoms. The summed E-state index contributed by atoms with van der Waals surface area (Å²) < 4.78 is 47.9. The number of aryl methyl sites for hydroxylation is 1. The van der Waals surface area contributed by atoms with E-state index in [1.807, 2.05) is 170 Å². The summed E-state index contributed by atoms with van der Waals surface area (Å²) in [5.41, 5.74) is 29.5. The summed E-state index contributed by atoms with van der Waals surface area (Å²) in [4.78, 5) is 121. The molecule has 0 aliphatic carbocycles. The lowest BCUT2D eigenvalue weighted by Gasteiger charge is -2.29. The number of anilines is 9. The van der Waals surface area contributed by atoms with E-state index < -0.39 is 19.9 Å². The number of allylic oxidation sites excluding steroid dienone is 4. The molecule has 141 heavy (non-hydrogen) atoms. The highest BCUT2D eigenvalue weighted by Gasteiger charge is 2.32. The van der Waals surface area contributed by atoms with Crippen molar-refractivity contribution >= 4 is 134 Å². The molecule has 6 amide bonds. The number of piperidine rings is 1. The van der Waals surface area contributed by atoms with Gasteiger partial charge in [0.05, 0.1) is 68.1 Å². The van der Waals surface area contributed by atoms with Crippen LogP contribution < -0.4 is 57.4 Å². The van der Waals surface area contributed by atoms with E-state index in [2.05, 4.69) is 108 Å². The molecule has 0 radical (unpaired) electrons. The third-order valence-electron chi connectivity index (χ3n) is 26.0. The average Bonchev–Trinajstić information content (AvgIpc) is 1.60. The Bertz CT molecular complexity index is 7710. The van der Waals surface area contributed by atoms with Gasteiger partial charge in [-0.05, 0) is 234 Å². The second kappa shape index (κ2) is 41.2. The smallest absolute Gasteiger partial charge is 0.323 e. The topological polar surface area (TPSA) is 378 Å². The molecule has 0 unspecified atom stereocenters. The number of H-pyrrole nitrogens is 2. The summed E-state index contributed by atoms with van der Waals surface area (Å²) in [6.07, 6.45) is 13.5. The fraction of sp³-hybridized carbons (Fsp3) is 0.207. The van der Waals surface area contributed by atoms with Gasteiger partial charge < -0.3 is 61.5 Å². The summed E-state index contributed by atoms with van der Waals surface area (Å²) in [6.45, 7) is 21.2. The van der Waals surface area contributed by atoms with Crippen LogP contribution in [0.1, 0.15) is 131 Å². The van der Waals surface area contributed by atoms with Crippen LogP contribution in [0.4, 0.5) is 51.3 Å². The van der Waals surface area contributed by atoms with Crippen molar-refractivity contribution in [3.05, 3.63) is 392 Å². The van der Waals surface area contributed by atoms with Gasteiger partial charge in [0.2, 0.25) is 33.6 Å². The van der Waals surface area contributed by atoms with Gasteiger partial charge in [-0.2, -0.15) is 0 Å². The largest absolute Gasteiger partial charge is 0.359 e. The number of nitrogens with two attached hydrogens (primary N) is 1. The van der Waals surface area contributed by atoms with Crippen LogP contribution in [0.25, 0.3) is 27.8 Å². The molecule has 714 valence electrons. The van der Waals surface area contributed by atoms with Crippen LogP contribution in [0.5, 0.6) is 0 Å². The molecule has 14 aromatic rings. The Morgan fingerprint density at radius 3 is 1.57 bits per heavy atom. The lowest BCUT2D eigenvalue weighted by molar-refractivity contribution is -0.118. The zero-order valence-electron chi connectivity index (χ0n) is 78.0. The van der Waals surface area contributed by atoms with Crippen molar-refractivity contribution in [2.45, 2.75) is 119 Å². The fourth-order valence-corrected chi connectivity index (χ4v) is 20.5. The van der Waals surface area contributed by atoms with Gasteiger partial charge in [-0.25, -0.2) is 36.7 Å². The van der Waals surface area contributed by atoms with Gasteiger partial charge in [0.25, 0.3) is 17.7 Å². The number of nitrogens with zero attached hydrogens (tertiary/aromatic N) is 7. The number of aromatic amines is 2. The summed E-state index contributed by atoms with van der Waals surface area (Å²) in [7, 11) is -6.94. The molecule has 1 fully saturated rings. The number of benzene rings is 11. The maximum absolute atomic E-state index is 13.2. The molecule has 12 heterocycles.